The number of hydrogen-bond acceptors (Lipinski definition) is 6. The summed E-state index contributed by atoms with van der Waals surface area (Å²) in [6.07, 6.45) is 1.26. The first kappa shape index (κ1) is 15.6. The third-order valence-corrected chi connectivity index (χ3v) is 6.11. The van der Waals surface area contributed by atoms with Crippen LogP contribution in [0, 0.1) is 13.8 Å². The minimum atomic E-state index is -3.19. The highest BCUT2D eigenvalue weighted by Crippen LogP contribution is 2.30. The van der Waals surface area contributed by atoms with Crippen molar-refractivity contribution in [3.05, 3.63) is 22.9 Å². The Balaban J connectivity index is 2.53. The number of aromatic nitrogens is 1. The molecule has 1 aromatic heterocycles. The highest BCUT2D eigenvalue weighted by Gasteiger charge is 2.33. The molecule has 1 N–H and O–H groups in total. The van der Waals surface area contributed by atoms with Crippen molar-refractivity contribution >= 4 is 27.4 Å². The predicted molar refractivity (Wildman–Crippen MR) is 82.9 cm³/mol. The Labute approximate surface area is 124 Å². The Kier molecular flexibility index (Phi) is 4.61. The summed E-state index contributed by atoms with van der Waals surface area (Å²) in [5, 5.41) is 9.02. The van der Waals surface area contributed by atoms with E-state index in [2.05, 4.69) is 4.98 Å². The normalized spacial score (nSPS) is 20.2. The van der Waals surface area contributed by atoms with Crippen molar-refractivity contribution in [3.8, 4) is 0 Å². The van der Waals surface area contributed by atoms with E-state index in [1.54, 1.807) is 11.8 Å². The van der Waals surface area contributed by atoms with Gasteiger partial charge in [-0.15, -0.1) is 0 Å². The molecule has 0 amide bonds. The van der Waals surface area contributed by atoms with Crippen LogP contribution in [0.3, 0.4) is 0 Å². The number of hydrogen-bond donors (Lipinski definition) is 1. The van der Waals surface area contributed by atoms with Crippen LogP contribution in [0.5, 0.6) is 0 Å². The maximum absolute atomic E-state index is 12.0. The number of nitrogens with zero attached hydrogens (tertiary/aromatic N) is 2. The summed E-state index contributed by atoms with van der Waals surface area (Å²) in [6.45, 7) is 4.30. The lowest BCUT2D eigenvalue weighted by Crippen LogP contribution is -2.48. The van der Waals surface area contributed by atoms with Gasteiger partial charge in [0.2, 0.25) is 0 Å². The van der Waals surface area contributed by atoms with Gasteiger partial charge >= 0.3 is 0 Å². The van der Waals surface area contributed by atoms with Crippen LogP contribution in [0.25, 0.3) is 0 Å². The van der Waals surface area contributed by atoms with Gasteiger partial charge in [-0.1, -0.05) is 0 Å². The first-order chi connectivity index (χ1) is 9.34. The lowest BCUT2D eigenvalue weighted by Gasteiger charge is -2.36. The smallest absolute Gasteiger partial charge is 0.169 e. The van der Waals surface area contributed by atoms with E-state index in [0.29, 0.717) is 18.1 Å². The van der Waals surface area contributed by atoms with Gasteiger partial charge in [0.05, 0.1) is 6.61 Å². The zero-order valence-electron chi connectivity index (χ0n) is 12.0. The summed E-state index contributed by atoms with van der Waals surface area (Å²) in [6, 6.07) is 1.91. The molecule has 0 saturated carbocycles. The first-order valence-electron chi connectivity index (χ1n) is 6.46. The highest BCUT2D eigenvalue weighted by atomic mass is 32.2. The minimum Gasteiger partial charge on any atom is -0.392 e. The minimum absolute atomic E-state index is 0.130. The van der Waals surface area contributed by atoms with E-state index in [1.807, 2.05) is 24.8 Å². The Bertz CT molecular complexity index is 602. The second-order valence-electron chi connectivity index (χ2n) is 5.09. The molecule has 1 aromatic rings. The summed E-state index contributed by atoms with van der Waals surface area (Å²) in [5.74, 6) is 2.02. The molecule has 0 radical (unpaired) electrons. The fourth-order valence-corrected chi connectivity index (χ4v) is 5.27. The van der Waals surface area contributed by atoms with Crippen LogP contribution < -0.4 is 4.90 Å². The van der Waals surface area contributed by atoms with E-state index in [1.165, 1.54) is 6.26 Å². The number of pyridine rings is 1. The molecule has 1 fully saturated rings. The molecule has 0 aromatic carbocycles. The number of aliphatic hydroxyl groups is 1. The van der Waals surface area contributed by atoms with Crippen LogP contribution in [0.4, 0.5) is 5.82 Å². The maximum atomic E-state index is 12.0. The summed E-state index contributed by atoms with van der Waals surface area (Å²) < 4.78 is 24.0. The van der Waals surface area contributed by atoms with Gasteiger partial charge < -0.3 is 10.0 Å². The van der Waals surface area contributed by atoms with E-state index in [9.17, 15) is 13.5 Å². The SMILES string of the molecule is Cc1cc(C)c(CO)c(N2CCSCC2S(C)(=O)=O)n1. The second-order valence-corrected chi connectivity index (χ2v) is 8.45. The summed E-state index contributed by atoms with van der Waals surface area (Å²) in [7, 11) is -3.19. The third-order valence-electron chi connectivity index (χ3n) is 3.46. The number of anilines is 1. The van der Waals surface area contributed by atoms with E-state index in [-0.39, 0.29) is 6.61 Å². The van der Waals surface area contributed by atoms with Gasteiger partial charge in [0, 0.05) is 35.6 Å². The van der Waals surface area contributed by atoms with E-state index in [4.69, 9.17) is 0 Å². The van der Waals surface area contributed by atoms with Crippen LogP contribution in [0.1, 0.15) is 16.8 Å². The molecule has 7 heteroatoms. The average Bonchev–Trinajstić information content (AvgIpc) is 2.37. The third kappa shape index (κ3) is 3.10. The topological polar surface area (TPSA) is 70.5 Å². The zero-order valence-corrected chi connectivity index (χ0v) is 13.6. The lowest BCUT2D eigenvalue weighted by molar-refractivity contribution is 0.280. The van der Waals surface area contributed by atoms with Gasteiger partial charge in [-0.05, 0) is 25.5 Å². The Hall–Kier alpha value is -0.790. The largest absolute Gasteiger partial charge is 0.392 e. The number of aliphatic hydroxyl groups excluding tert-OH is 1. The lowest BCUT2D eigenvalue weighted by atomic mass is 10.1. The molecule has 2 rings (SSSR count). The Morgan fingerprint density at radius 3 is 2.80 bits per heavy atom. The monoisotopic (exact) mass is 316 g/mol. The molecule has 20 heavy (non-hydrogen) atoms. The fourth-order valence-electron chi connectivity index (χ4n) is 2.45. The molecule has 0 aliphatic carbocycles. The summed E-state index contributed by atoms with van der Waals surface area (Å²) in [4.78, 5) is 6.32. The number of sulfone groups is 1. The van der Waals surface area contributed by atoms with Crippen LogP contribution in [-0.4, -0.2) is 48.2 Å². The van der Waals surface area contributed by atoms with Crippen molar-refractivity contribution in [1.29, 1.82) is 0 Å². The van der Waals surface area contributed by atoms with Gasteiger partial charge in [-0.3, -0.25) is 0 Å². The molecular weight excluding hydrogens is 296 g/mol. The molecule has 1 unspecified atom stereocenters. The number of aryl methyl sites for hydroxylation is 2. The molecule has 0 spiro atoms. The van der Waals surface area contributed by atoms with Crippen molar-refractivity contribution in [2.45, 2.75) is 25.8 Å². The summed E-state index contributed by atoms with van der Waals surface area (Å²) in [5.41, 5.74) is 2.50. The first-order valence-corrected chi connectivity index (χ1v) is 9.56. The number of rotatable bonds is 3. The second kappa shape index (κ2) is 5.91. The van der Waals surface area contributed by atoms with Crippen molar-refractivity contribution in [2.24, 2.45) is 0 Å². The van der Waals surface area contributed by atoms with E-state index < -0.39 is 15.2 Å². The molecule has 1 aliphatic heterocycles. The van der Waals surface area contributed by atoms with Gasteiger partial charge in [-0.2, -0.15) is 11.8 Å². The van der Waals surface area contributed by atoms with Crippen molar-refractivity contribution < 1.29 is 13.5 Å². The molecule has 5 nitrogen and oxygen atoms in total. The Morgan fingerprint density at radius 1 is 1.50 bits per heavy atom. The molecule has 0 bridgehead atoms. The molecule has 2 heterocycles. The van der Waals surface area contributed by atoms with Crippen LogP contribution >= 0.6 is 11.8 Å². The van der Waals surface area contributed by atoms with Crippen molar-refractivity contribution in [1.82, 2.24) is 4.98 Å². The standard InChI is InChI=1S/C13H20N2O3S2/c1-9-6-10(2)14-13(11(9)7-16)15-4-5-19-8-12(15)20(3,17)18/h6,12,16H,4-5,7-8H2,1-3H3. The predicted octanol–water partition coefficient (Wildman–Crippen LogP) is 1.11. The van der Waals surface area contributed by atoms with Crippen LogP contribution in [0.15, 0.2) is 6.07 Å². The van der Waals surface area contributed by atoms with Gasteiger partial charge in [0.15, 0.2) is 9.84 Å². The maximum Gasteiger partial charge on any atom is 0.169 e. The van der Waals surface area contributed by atoms with Crippen LogP contribution in [0.2, 0.25) is 0 Å². The van der Waals surface area contributed by atoms with Gasteiger partial charge in [-0.25, -0.2) is 13.4 Å². The van der Waals surface area contributed by atoms with Gasteiger partial charge in [0.25, 0.3) is 0 Å². The zero-order chi connectivity index (χ0) is 14.9. The van der Waals surface area contributed by atoms with Crippen LogP contribution in [-0.2, 0) is 16.4 Å². The average molecular weight is 316 g/mol. The molecular formula is C13H20N2O3S2. The van der Waals surface area contributed by atoms with E-state index in [0.717, 1.165) is 22.6 Å². The fraction of sp³-hybridized carbons (Fsp3) is 0.615. The molecule has 1 aliphatic rings. The molecule has 112 valence electrons. The Morgan fingerprint density at radius 2 is 2.20 bits per heavy atom. The van der Waals surface area contributed by atoms with Crippen molar-refractivity contribution in [2.75, 3.05) is 29.2 Å². The summed E-state index contributed by atoms with van der Waals surface area (Å²) >= 11 is 1.64. The molecule has 1 saturated heterocycles. The highest BCUT2D eigenvalue weighted by molar-refractivity contribution is 8.01. The quantitative estimate of drug-likeness (QED) is 0.901. The number of thioether (sulfide) groups is 1. The van der Waals surface area contributed by atoms with E-state index >= 15 is 0 Å². The molecule has 1 atom stereocenters. The van der Waals surface area contributed by atoms with Gasteiger partial charge in [0.1, 0.15) is 11.2 Å². The van der Waals surface area contributed by atoms with Crippen molar-refractivity contribution in [3.63, 3.8) is 0 Å².